The summed E-state index contributed by atoms with van der Waals surface area (Å²) in [5.41, 5.74) is 12.9. The zero-order valence-electron chi connectivity index (χ0n) is 36.0. The van der Waals surface area contributed by atoms with Gasteiger partial charge in [-0.05, 0) is 73.8 Å². The molecule has 3 aromatic heterocycles. The van der Waals surface area contributed by atoms with E-state index in [1.54, 1.807) is 0 Å². The second kappa shape index (κ2) is 17.9. The first-order chi connectivity index (χ1) is 29.5. The number of hydrogen-bond donors (Lipinski definition) is 0. The molecule has 10 aromatic rings. The van der Waals surface area contributed by atoms with Crippen LogP contribution in [-0.2, 0) is 26.5 Å². The fourth-order valence-corrected chi connectivity index (χ4v) is 11.1. The van der Waals surface area contributed by atoms with Crippen LogP contribution in [0.3, 0.4) is 0 Å². The molecule has 1 radical (unpaired) electrons. The van der Waals surface area contributed by atoms with Crippen LogP contribution in [0.25, 0.3) is 81.8 Å². The molecular formula is C56H49IrN3SSi-2. The van der Waals surface area contributed by atoms with Gasteiger partial charge in [0.15, 0.2) is 0 Å². The van der Waals surface area contributed by atoms with Crippen LogP contribution in [0.4, 0.5) is 0 Å². The van der Waals surface area contributed by atoms with Gasteiger partial charge in [-0.2, -0.15) is 11.3 Å². The molecule has 0 aliphatic rings. The monoisotopic (exact) mass is 1020 g/mol. The first-order valence-corrected chi connectivity index (χ1v) is 25.3. The van der Waals surface area contributed by atoms with Crippen LogP contribution in [0.2, 0.25) is 19.6 Å². The van der Waals surface area contributed by atoms with Gasteiger partial charge >= 0.3 is 0 Å². The van der Waals surface area contributed by atoms with E-state index in [1.807, 2.05) is 35.6 Å². The SMILES string of the molecule is CC(C)(C)Cc1cc(-c2[c-]cccc2)ncc1[Si](C)(C)C.[Ir].[c-]1ccc2c(sc3cc(-c4ccccc4)ccc32)c1-c1nc2ccccc2n1-c1ccccc1-c1ccccc1. The number of hydrogen-bond acceptors (Lipinski definition) is 3. The number of benzene rings is 7. The summed E-state index contributed by atoms with van der Waals surface area (Å²) < 4.78 is 4.78. The maximum Gasteiger partial charge on any atom is 0.0798 e. The Balaban J connectivity index is 0.000000205. The standard InChI is InChI=1S/C37H23N2S.C19H26NSi.Ir/c1-3-12-25(13-4-1)27-22-23-29-30-17-11-18-31(36(30)40-35(29)24-27)37-38-32-19-8-10-21-34(32)39(37)33-20-9-7-16-28(33)26-14-5-2-6-15-26;1-19(2,3)13-16-12-17(15-10-8-7-9-11-15)20-14-18(16)21(4,5)6;/h1-17,19-24H;7-10,12,14H,13H2,1-6H3;/q2*-1;. The van der Waals surface area contributed by atoms with Crippen LogP contribution in [0, 0.1) is 17.5 Å². The van der Waals surface area contributed by atoms with E-state index in [4.69, 9.17) is 9.97 Å². The minimum Gasteiger partial charge on any atom is -0.333 e. The molecule has 309 valence electrons. The van der Waals surface area contributed by atoms with Crippen LogP contribution >= 0.6 is 11.3 Å². The van der Waals surface area contributed by atoms with Crippen molar-refractivity contribution in [1.82, 2.24) is 14.5 Å². The third-order valence-electron chi connectivity index (χ3n) is 11.1. The topological polar surface area (TPSA) is 30.7 Å². The Labute approximate surface area is 384 Å². The number of fused-ring (bicyclic) bond motifs is 4. The molecule has 0 spiro atoms. The minimum atomic E-state index is -1.37. The van der Waals surface area contributed by atoms with Gasteiger partial charge in [0, 0.05) is 42.3 Å². The van der Waals surface area contributed by atoms with E-state index in [9.17, 15) is 0 Å². The Morgan fingerprint density at radius 3 is 2.06 bits per heavy atom. The molecule has 3 heterocycles. The van der Waals surface area contributed by atoms with Gasteiger partial charge in [-0.25, -0.2) is 0 Å². The summed E-state index contributed by atoms with van der Waals surface area (Å²) in [5.74, 6) is 0.907. The van der Waals surface area contributed by atoms with Gasteiger partial charge in [0.05, 0.1) is 24.9 Å². The number of rotatable bonds is 7. The van der Waals surface area contributed by atoms with Crippen molar-refractivity contribution < 1.29 is 20.1 Å². The third kappa shape index (κ3) is 8.93. The number of aromatic nitrogens is 3. The van der Waals surface area contributed by atoms with E-state index in [-0.39, 0.29) is 25.5 Å². The number of thiophene rings is 1. The molecule has 0 saturated heterocycles. The molecule has 0 aliphatic carbocycles. The fourth-order valence-electron chi connectivity index (χ4n) is 8.28. The summed E-state index contributed by atoms with van der Waals surface area (Å²) in [5, 5.41) is 3.99. The van der Waals surface area contributed by atoms with E-state index in [0.29, 0.717) is 0 Å². The van der Waals surface area contributed by atoms with Crippen LogP contribution in [-0.4, -0.2) is 22.6 Å². The number of para-hydroxylation sites is 3. The second-order valence-corrected chi connectivity index (χ2v) is 24.0. The van der Waals surface area contributed by atoms with Crippen molar-refractivity contribution in [3.05, 3.63) is 194 Å². The van der Waals surface area contributed by atoms with Crippen molar-refractivity contribution in [2.45, 2.75) is 46.8 Å². The van der Waals surface area contributed by atoms with Crippen molar-refractivity contribution >= 4 is 55.8 Å². The third-order valence-corrected chi connectivity index (χ3v) is 14.3. The Morgan fingerprint density at radius 2 is 1.34 bits per heavy atom. The van der Waals surface area contributed by atoms with Crippen molar-refractivity contribution in [3.63, 3.8) is 0 Å². The van der Waals surface area contributed by atoms with Crippen LogP contribution < -0.4 is 5.19 Å². The van der Waals surface area contributed by atoms with Crippen molar-refractivity contribution in [2.75, 3.05) is 0 Å². The van der Waals surface area contributed by atoms with E-state index in [1.165, 1.54) is 53.2 Å². The first kappa shape index (κ1) is 42.9. The molecule has 0 aliphatic heterocycles. The van der Waals surface area contributed by atoms with Crippen LogP contribution in [0.5, 0.6) is 0 Å². The average molecular weight is 1020 g/mol. The predicted octanol–water partition coefficient (Wildman–Crippen LogP) is 14.9. The molecule has 0 unspecified atom stereocenters. The smallest absolute Gasteiger partial charge is 0.0798 e. The predicted molar refractivity (Wildman–Crippen MR) is 264 cm³/mol. The normalized spacial score (nSPS) is 11.6. The Hall–Kier alpha value is -5.75. The fraction of sp³-hybridized carbons (Fsp3) is 0.143. The van der Waals surface area contributed by atoms with E-state index in [0.717, 1.165) is 45.8 Å². The first-order valence-electron chi connectivity index (χ1n) is 21.0. The molecule has 7 aromatic carbocycles. The average Bonchev–Trinajstić information content (AvgIpc) is 3.85. The Morgan fingerprint density at radius 1 is 0.645 bits per heavy atom. The molecule has 6 heteroatoms. The van der Waals surface area contributed by atoms with Crippen molar-refractivity contribution in [3.8, 4) is 50.6 Å². The summed E-state index contributed by atoms with van der Waals surface area (Å²) in [6.45, 7) is 14.1. The largest absolute Gasteiger partial charge is 0.333 e. The van der Waals surface area contributed by atoms with Crippen LogP contribution in [0.1, 0.15) is 26.3 Å². The van der Waals surface area contributed by atoms with Crippen LogP contribution in [0.15, 0.2) is 176 Å². The zero-order valence-corrected chi connectivity index (χ0v) is 40.2. The summed E-state index contributed by atoms with van der Waals surface area (Å²) in [4.78, 5) is 9.93. The zero-order chi connectivity index (χ0) is 42.1. The molecule has 0 fully saturated rings. The van der Waals surface area contributed by atoms with Gasteiger partial charge in [-0.3, -0.25) is 4.98 Å². The molecule has 0 saturated carbocycles. The van der Waals surface area contributed by atoms with E-state index in [2.05, 4.69) is 209 Å². The van der Waals surface area contributed by atoms with Gasteiger partial charge in [-0.15, -0.1) is 54.1 Å². The summed E-state index contributed by atoms with van der Waals surface area (Å²) in [6.07, 6.45) is 3.21. The Kier molecular flexibility index (Phi) is 12.4. The quantitative estimate of drug-likeness (QED) is 0.118. The molecular weight excluding hydrogens is 967 g/mol. The number of pyridine rings is 1. The second-order valence-electron chi connectivity index (χ2n) is 17.9. The molecule has 10 rings (SSSR count). The molecule has 0 atom stereocenters. The maximum atomic E-state index is 5.22. The maximum absolute atomic E-state index is 5.22. The molecule has 0 amide bonds. The van der Waals surface area contributed by atoms with Gasteiger partial charge in [0.2, 0.25) is 0 Å². The molecule has 62 heavy (non-hydrogen) atoms. The van der Waals surface area contributed by atoms with E-state index < -0.39 is 8.07 Å². The Bertz CT molecular complexity index is 3120. The summed E-state index contributed by atoms with van der Waals surface area (Å²) >= 11 is 1.82. The molecule has 0 N–H and O–H groups in total. The number of nitrogens with zero attached hydrogens (tertiary/aromatic N) is 3. The van der Waals surface area contributed by atoms with Gasteiger partial charge < -0.3 is 9.55 Å². The van der Waals surface area contributed by atoms with E-state index >= 15 is 0 Å². The van der Waals surface area contributed by atoms with Gasteiger partial charge in [-0.1, -0.05) is 166 Å². The molecule has 3 nitrogen and oxygen atoms in total. The van der Waals surface area contributed by atoms with Gasteiger partial charge in [0.25, 0.3) is 0 Å². The number of imidazole rings is 1. The van der Waals surface area contributed by atoms with Crippen molar-refractivity contribution in [1.29, 1.82) is 0 Å². The molecule has 0 bridgehead atoms. The summed E-state index contributed by atoms with van der Waals surface area (Å²) in [7, 11) is -1.37. The summed E-state index contributed by atoms with van der Waals surface area (Å²) in [6, 6.07) is 66.4. The minimum absolute atomic E-state index is 0. The van der Waals surface area contributed by atoms with Crippen molar-refractivity contribution in [2.24, 2.45) is 5.41 Å². The van der Waals surface area contributed by atoms with Gasteiger partial charge in [0.1, 0.15) is 0 Å².